The van der Waals surface area contributed by atoms with Gasteiger partial charge < -0.3 is 4.90 Å². The molecule has 1 fully saturated rings. The van der Waals surface area contributed by atoms with Crippen molar-refractivity contribution < 1.29 is 4.79 Å². The van der Waals surface area contributed by atoms with Crippen LogP contribution in [0.15, 0.2) is 53.9 Å². The van der Waals surface area contributed by atoms with Crippen LogP contribution < -0.4 is 0 Å². The molecule has 0 N–H and O–H groups in total. The second-order valence-electron chi connectivity index (χ2n) is 6.33. The lowest BCUT2D eigenvalue weighted by Crippen LogP contribution is -2.48. The fourth-order valence-corrected chi connectivity index (χ4v) is 4.51. The van der Waals surface area contributed by atoms with Crippen molar-refractivity contribution in [2.45, 2.75) is 0 Å². The summed E-state index contributed by atoms with van der Waals surface area (Å²) in [6.45, 7) is 4.13. The van der Waals surface area contributed by atoms with E-state index in [9.17, 15) is 4.79 Å². The Morgan fingerprint density at radius 3 is 2.63 bits per heavy atom. The summed E-state index contributed by atoms with van der Waals surface area (Å²) in [7, 11) is 0. The van der Waals surface area contributed by atoms with Crippen LogP contribution in [0.25, 0.3) is 16.6 Å². The van der Waals surface area contributed by atoms with Gasteiger partial charge in [0.2, 0.25) is 0 Å². The molecule has 4 rings (SSSR count). The van der Waals surface area contributed by atoms with Crippen molar-refractivity contribution in [3.63, 3.8) is 0 Å². The first-order valence-electron chi connectivity index (χ1n) is 8.91. The quantitative estimate of drug-likeness (QED) is 0.659. The third kappa shape index (κ3) is 4.32. The van der Waals surface area contributed by atoms with Gasteiger partial charge >= 0.3 is 0 Å². The van der Waals surface area contributed by atoms with Gasteiger partial charge in [0, 0.05) is 32.7 Å². The molecular weight excluding hydrogens is 376 g/mol. The SMILES string of the molecule is O=C(c1snnc1-c1cccs1)N1CCN(C/C=C/c2ccccc2)CC1. The summed E-state index contributed by atoms with van der Waals surface area (Å²) in [5.74, 6) is 0.0490. The number of hydrogen-bond donors (Lipinski definition) is 0. The molecule has 27 heavy (non-hydrogen) atoms. The van der Waals surface area contributed by atoms with Gasteiger partial charge in [-0.15, -0.1) is 16.4 Å². The van der Waals surface area contributed by atoms with Crippen LogP contribution in [0.5, 0.6) is 0 Å². The van der Waals surface area contributed by atoms with Crippen molar-refractivity contribution in [3.05, 3.63) is 64.4 Å². The molecule has 1 aliphatic rings. The summed E-state index contributed by atoms with van der Waals surface area (Å²) in [6, 6.07) is 14.3. The maximum Gasteiger partial charge on any atom is 0.268 e. The van der Waals surface area contributed by atoms with Gasteiger partial charge in [-0.25, -0.2) is 0 Å². The predicted octanol–water partition coefficient (Wildman–Crippen LogP) is 3.74. The summed E-state index contributed by atoms with van der Waals surface area (Å²) < 4.78 is 4.01. The maximum absolute atomic E-state index is 12.9. The largest absolute Gasteiger partial charge is 0.335 e. The van der Waals surface area contributed by atoms with Crippen molar-refractivity contribution in [2.75, 3.05) is 32.7 Å². The lowest BCUT2D eigenvalue weighted by Gasteiger charge is -2.33. The Morgan fingerprint density at radius 1 is 1.07 bits per heavy atom. The van der Waals surface area contributed by atoms with E-state index in [0.717, 1.165) is 37.6 Å². The van der Waals surface area contributed by atoms with Gasteiger partial charge in [0.05, 0.1) is 4.88 Å². The Hall–Kier alpha value is -2.35. The van der Waals surface area contributed by atoms with E-state index in [1.807, 2.05) is 40.6 Å². The number of carbonyl (C=O) groups is 1. The molecule has 2 aromatic heterocycles. The molecule has 0 bridgehead atoms. The average molecular weight is 397 g/mol. The fourth-order valence-electron chi connectivity index (χ4n) is 3.08. The van der Waals surface area contributed by atoms with Crippen LogP contribution in [-0.4, -0.2) is 58.0 Å². The van der Waals surface area contributed by atoms with Crippen LogP contribution in [-0.2, 0) is 0 Å². The van der Waals surface area contributed by atoms with Gasteiger partial charge in [-0.1, -0.05) is 53.0 Å². The number of nitrogens with zero attached hydrogens (tertiary/aromatic N) is 4. The second-order valence-corrected chi connectivity index (χ2v) is 8.04. The molecule has 7 heteroatoms. The molecule has 0 unspecified atom stereocenters. The number of thiophene rings is 1. The Labute approximate surface area is 166 Å². The van der Waals surface area contributed by atoms with E-state index in [1.54, 1.807) is 11.3 Å². The zero-order valence-electron chi connectivity index (χ0n) is 14.8. The van der Waals surface area contributed by atoms with Crippen molar-refractivity contribution in [3.8, 4) is 10.6 Å². The van der Waals surface area contributed by atoms with Gasteiger partial charge in [0.25, 0.3) is 5.91 Å². The molecule has 1 amide bonds. The fraction of sp³-hybridized carbons (Fsp3) is 0.250. The van der Waals surface area contributed by atoms with Crippen molar-refractivity contribution in [2.24, 2.45) is 0 Å². The third-order valence-corrected chi connectivity index (χ3v) is 6.16. The molecule has 1 aliphatic heterocycles. The summed E-state index contributed by atoms with van der Waals surface area (Å²) in [4.78, 5) is 18.8. The molecular formula is C20H20N4OS2. The highest BCUT2D eigenvalue weighted by Gasteiger charge is 2.26. The molecule has 0 atom stereocenters. The van der Waals surface area contributed by atoms with Crippen molar-refractivity contribution in [1.29, 1.82) is 0 Å². The van der Waals surface area contributed by atoms with E-state index in [0.29, 0.717) is 10.6 Å². The molecule has 3 aromatic rings. The monoisotopic (exact) mass is 396 g/mol. The Bertz CT molecular complexity index is 897. The van der Waals surface area contributed by atoms with Crippen LogP contribution in [0.4, 0.5) is 0 Å². The predicted molar refractivity (Wildman–Crippen MR) is 111 cm³/mol. The number of carbonyl (C=O) groups excluding carboxylic acids is 1. The number of benzene rings is 1. The second kappa shape index (κ2) is 8.56. The number of rotatable bonds is 5. The zero-order chi connectivity index (χ0) is 18.5. The normalized spacial score (nSPS) is 15.5. The van der Waals surface area contributed by atoms with Gasteiger partial charge in [0.15, 0.2) is 0 Å². The summed E-state index contributed by atoms with van der Waals surface area (Å²) in [6.07, 6.45) is 4.34. The molecule has 1 aromatic carbocycles. The minimum atomic E-state index is 0.0490. The van der Waals surface area contributed by atoms with E-state index in [1.165, 1.54) is 17.1 Å². The van der Waals surface area contributed by atoms with Crippen LogP contribution in [0, 0.1) is 0 Å². The summed E-state index contributed by atoms with van der Waals surface area (Å²) >= 11 is 2.78. The first-order chi connectivity index (χ1) is 13.3. The average Bonchev–Trinajstić information content (AvgIpc) is 3.40. The molecule has 5 nitrogen and oxygen atoms in total. The molecule has 3 heterocycles. The summed E-state index contributed by atoms with van der Waals surface area (Å²) in [5.41, 5.74) is 1.93. The minimum Gasteiger partial charge on any atom is -0.335 e. The first-order valence-corrected chi connectivity index (χ1v) is 10.6. The van der Waals surface area contributed by atoms with Gasteiger partial charge in [-0.3, -0.25) is 9.69 Å². The van der Waals surface area contributed by atoms with Gasteiger partial charge in [-0.05, 0) is 28.5 Å². The maximum atomic E-state index is 12.9. The molecule has 1 saturated heterocycles. The van der Waals surface area contributed by atoms with Crippen molar-refractivity contribution in [1.82, 2.24) is 19.4 Å². The Kier molecular flexibility index (Phi) is 5.72. The molecule has 0 spiro atoms. The van der Waals surface area contributed by atoms with E-state index < -0.39 is 0 Å². The van der Waals surface area contributed by atoms with E-state index in [4.69, 9.17) is 0 Å². The highest BCUT2D eigenvalue weighted by atomic mass is 32.1. The van der Waals surface area contributed by atoms with Crippen LogP contribution in [0.2, 0.25) is 0 Å². The third-order valence-electron chi connectivity index (χ3n) is 4.57. The van der Waals surface area contributed by atoms with Crippen molar-refractivity contribution >= 4 is 34.9 Å². The molecule has 0 radical (unpaired) electrons. The zero-order valence-corrected chi connectivity index (χ0v) is 16.5. The lowest BCUT2D eigenvalue weighted by molar-refractivity contribution is 0.0655. The number of piperazine rings is 1. The number of amides is 1. The topological polar surface area (TPSA) is 49.3 Å². The minimum absolute atomic E-state index is 0.0490. The highest BCUT2D eigenvalue weighted by Crippen LogP contribution is 2.29. The Morgan fingerprint density at radius 2 is 1.89 bits per heavy atom. The smallest absolute Gasteiger partial charge is 0.268 e. The van der Waals surface area contributed by atoms with E-state index >= 15 is 0 Å². The van der Waals surface area contributed by atoms with Crippen LogP contribution >= 0.6 is 22.9 Å². The van der Waals surface area contributed by atoms with Crippen LogP contribution in [0.1, 0.15) is 15.2 Å². The van der Waals surface area contributed by atoms with Crippen LogP contribution in [0.3, 0.4) is 0 Å². The molecule has 138 valence electrons. The number of hydrogen-bond acceptors (Lipinski definition) is 6. The molecule has 0 saturated carbocycles. The highest BCUT2D eigenvalue weighted by molar-refractivity contribution is 7.14. The van der Waals surface area contributed by atoms with E-state index in [-0.39, 0.29) is 5.91 Å². The molecule has 0 aliphatic carbocycles. The Balaban J connectivity index is 1.32. The van der Waals surface area contributed by atoms with E-state index in [2.05, 4.69) is 38.8 Å². The van der Waals surface area contributed by atoms with Gasteiger partial charge in [0.1, 0.15) is 10.6 Å². The summed E-state index contributed by atoms with van der Waals surface area (Å²) in [5, 5.41) is 6.16. The lowest BCUT2D eigenvalue weighted by atomic mass is 10.2. The number of aromatic nitrogens is 2. The standard InChI is InChI=1S/C20H20N4OS2/c25-20(19-18(21-22-27-19)17-9-5-15-26-17)24-13-11-23(12-14-24)10-4-8-16-6-2-1-3-7-16/h1-9,15H,10-14H2/b8-4+. The first kappa shape index (κ1) is 18.0. The van der Waals surface area contributed by atoms with Gasteiger partial charge in [-0.2, -0.15) is 0 Å².